The zero-order chi connectivity index (χ0) is 26.4. The zero-order valence-corrected chi connectivity index (χ0v) is 19.3. The molecule has 0 heterocycles. The van der Waals surface area contributed by atoms with E-state index in [0.29, 0.717) is 25.7 Å². The lowest BCUT2D eigenvalue weighted by molar-refractivity contribution is -0.126. The Balaban J connectivity index is 2.13. The Morgan fingerprint density at radius 1 is 1.17 bits per heavy atom. The van der Waals surface area contributed by atoms with Crippen LogP contribution in [-0.2, 0) is 14.6 Å². The van der Waals surface area contributed by atoms with Gasteiger partial charge in [0.25, 0.3) is 0 Å². The van der Waals surface area contributed by atoms with Gasteiger partial charge in [-0.3, -0.25) is 9.79 Å². The summed E-state index contributed by atoms with van der Waals surface area (Å²) in [6, 6.07) is 3.77. The minimum atomic E-state index is -4.78. The van der Waals surface area contributed by atoms with Gasteiger partial charge in [-0.25, -0.2) is 13.4 Å². The number of nitrogens with one attached hydrogen (secondary N) is 1. The van der Waals surface area contributed by atoms with Crippen LogP contribution in [0.3, 0.4) is 0 Å². The number of aliphatic imine (C=N–C) groups is 2. The van der Waals surface area contributed by atoms with Gasteiger partial charge in [0, 0.05) is 18.8 Å². The van der Waals surface area contributed by atoms with Gasteiger partial charge in [0.2, 0.25) is 15.7 Å². The Kier molecular flexibility index (Phi) is 9.30. The number of amides is 1. The first-order valence-electron chi connectivity index (χ1n) is 10.5. The highest BCUT2D eigenvalue weighted by atomic mass is 32.2. The first-order chi connectivity index (χ1) is 16.2. The van der Waals surface area contributed by atoms with Gasteiger partial charge in [0.15, 0.2) is 0 Å². The van der Waals surface area contributed by atoms with Crippen LogP contribution in [0.25, 0.3) is 0 Å². The predicted molar refractivity (Wildman–Crippen MR) is 120 cm³/mol. The molecule has 7 N–H and O–H groups in total. The monoisotopic (exact) mass is 526 g/mol. The molecule has 1 atom stereocenters. The Morgan fingerprint density at radius 3 is 2.20 bits per heavy atom. The lowest BCUT2D eigenvalue weighted by atomic mass is 9.79. The maximum Gasteiger partial charge on any atom is 0.401 e. The molecule has 1 unspecified atom stereocenters. The molecule has 15 heteroatoms. The fourth-order valence-corrected chi connectivity index (χ4v) is 4.29. The zero-order valence-electron chi connectivity index (χ0n) is 18.5. The molecule has 1 saturated carbocycles. The summed E-state index contributed by atoms with van der Waals surface area (Å²) in [6.45, 7) is -1.01. The minimum absolute atomic E-state index is 0.0814. The molecule has 1 aromatic carbocycles. The molecule has 2 rings (SSSR count). The van der Waals surface area contributed by atoms with E-state index < -0.39 is 50.6 Å². The molecule has 0 aliphatic heterocycles. The molecule has 0 bridgehead atoms. The molecule has 1 fully saturated rings. The summed E-state index contributed by atoms with van der Waals surface area (Å²) in [5, 5.41) is 2.46. The fourth-order valence-electron chi connectivity index (χ4n) is 3.57. The number of hydrogen-bond acceptors (Lipinski definition) is 7. The molecule has 1 aliphatic rings. The van der Waals surface area contributed by atoms with Crippen molar-refractivity contribution in [2.24, 2.45) is 33.1 Å². The number of sulfone groups is 1. The Labute approximate surface area is 199 Å². The van der Waals surface area contributed by atoms with Gasteiger partial charge in [-0.1, -0.05) is 0 Å². The van der Waals surface area contributed by atoms with Crippen LogP contribution < -0.4 is 22.5 Å². The van der Waals surface area contributed by atoms with Gasteiger partial charge in [-0.2, -0.15) is 22.0 Å². The number of hydrogen-bond donors (Lipinski definition) is 4. The molecule has 1 aliphatic carbocycles. The van der Waals surface area contributed by atoms with E-state index >= 15 is 0 Å². The van der Waals surface area contributed by atoms with Crippen molar-refractivity contribution in [2.45, 2.75) is 54.1 Å². The van der Waals surface area contributed by atoms with Crippen molar-refractivity contribution in [3.05, 3.63) is 24.3 Å². The second-order valence-electron chi connectivity index (χ2n) is 8.19. The van der Waals surface area contributed by atoms with Crippen LogP contribution >= 0.6 is 0 Å². The number of rotatable bonds is 10. The van der Waals surface area contributed by atoms with Gasteiger partial charge in [0.05, 0.1) is 22.7 Å². The van der Waals surface area contributed by atoms with Gasteiger partial charge < -0.3 is 22.5 Å². The quantitative estimate of drug-likeness (QED) is 0.205. The smallest absolute Gasteiger partial charge is 0.386 e. The third-order valence-electron chi connectivity index (χ3n) is 5.67. The molecule has 0 spiro atoms. The van der Waals surface area contributed by atoms with Crippen LogP contribution in [0.2, 0.25) is 0 Å². The van der Waals surface area contributed by atoms with Gasteiger partial charge in [-0.15, -0.1) is 0 Å². The van der Waals surface area contributed by atoms with Gasteiger partial charge >= 0.3 is 11.9 Å². The summed E-state index contributed by atoms with van der Waals surface area (Å²) >= 11 is 0. The van der Waals surface area contributed by atoms with E-state index in [-0.39, 0.29) is 24.1 Å². The van der Waals surface area contributed by atoms with E-state index in [1.807, 2.05) is 0 Å². The SMILES string of the molecule is NCC1(N=CC(C(N)=O)C(N)=Nc2ccc(S(=O)(=O)C(F)F)cc2)CCC(NCC(F)(F)F)CC1. The number of alkyl halides is 5. The number of halogens is 5. The molecule has 196 valence electrons. The first kappa shape index (κ1) is 28.6. The molecular formula is C20H27F5N6O3S. The molecule has 1 aromatic rings. The summed E-state index contributed by atoms with van der Waals surface area (Å²) in [5.41, 5.74) is 16.4. The van der Waals surface area contributed by atoms with Gasteiger partial charge in [0.1, 0.15) is 11.8 Å². The largest absolute Gasteiger partial charge is 0.401 e. The summed E-state index contributed by atoms with van der Waals surface area (Å²) in [7, 11) is -4.78. The number of amidine groups is 1. The molecular weight excluding hydrogens is 499 g/mol. The van der Waals surface area contributed by atoms with E-state index in [0.717, 1.165) is 24.3 Å². The Hall–Kier alpha value is -2.65. The standard InChI is InChI=1S/C20H27F5N6O3S/c21-18(22)35(33,34)14-3-1-13(2-4-14)31-16(27)15(17(28)32)9-30-19(10-26)7-5-12(6-8-19)29-11-20(23,24)25/h1-4,9,12,15,18,29H,5-8,10-11,26H2,(H2,27,31)(H2,28,32). The molecule has 0 radical (unpaired) electrons. The third-order valence-corrected chi connectivity index (χ3v) is 7.07. The molecule has 35 heavy (non-hydrogen) atoms. The van der Waals surface area contributed by atoms with Crippen molar-refractivity contribution in [1.82, 2.24) is 5.32 Å². The summed E-state index contributed by atoms with van der Waals surface area (Å²) in [5.74, 6) is -6.01. The molecule has 0 saturated heterocycles. The fraction of sp³-hybridized carbons (Fsp3) is 0.550. The van der Waals surface area contributed by atoms with Gasteiger partial charge in [-0.05, 0) is 49.9 Å². The number of primary amides is 1. The van der Waals surface area contributed by atoms with Crippen LogP contribution in [0.1, 0.15) is 25.7 Å². The topological polar surface area (TPSA) is 166 Å². The van der Waals surface area contributed by atoms with Crippen LogP contribution in [0.4, 0.5) is 27.6 Å². The molecule has 1 amide bonds. The number of carbonyl (C=O) groups excluding carboxylic acids is 1. The van der Waals surface area contributed by atoms with Crippen LogP contribution in [0.15, 0.2) is 39.1 Å². The normalized spacial score (nSPS) is 23.1. The Morgan fingerprint density at radius 2 is 1.74 bits per heavy atom. The maximum absolute atomic E-state index is 12.7. The van der Waals surface area contributed by atoms with E-state index in [1.54, 1.807) is 0 Å². The van der Waals surface area contributed by atoms with E-state index in [9.17, 15) is 35.2 Å². The maximum atomic E-state index is 12.7. The lowest BCUT2D eigenvalue weighted by Crippen LogP contribution is -2.47. The van der Waals surface area contributed by atoms with E-state index in [2.05, 4.69) is 15.3 Å². The highest BCUT2D eigenvalue weighted by Crippen LogP contribution is 2.32. The van der Waals surface area contributed by atoms with E-state index in [1.165, 1.54) is 6.21 Å². The van der Waals surface area contributed by atoms with Crippen molar-refractivity contribution in [1.29, 1.82) is 0 Å². The highest BCUT2D eigenvalue weighted by molar-refractivity contribution is 7.91. The second-order valence-corrected chi connectivity index (χ2v) is 10.1. The van der Waals surface area contributed by atoms with Crippen LogP contribution in [0, 0.1) is 5.92 Å². The molecule has 9 nitrogen and oxygen atoms in total. The van der Waals surface area contributed by atoms with E-state index in [4.69, 9.17) is 17.2 Å². The summed E-state index contributed by atoms with van der Waals surface area (Å²) in [6.07, 6.45) is -1.60. The van der Waals surface area contributed by atoms with Crippen molar-refractivity contribution in [3.8, 4) is 0 Å². The lowest BCUT2D eigenvalue weighted by Gasteiger charge is -2.37. The van der Waals surface area contributed by atoms with Crippen molar-refractivity contribution >= 4 is 33.5 Å². The Bertz CT molecular complexity index is 1040. The molecule has 0 aromatic heterocycles. The summed E-state index contributed by atoms with van der Waals surface area (Å²) < 4.78 is 85.6. The van der Waals surface area contributed by atoms with Crippen molar-refractivity contribution < 1.29 is 35.2 Å². The first-order valence-corrected chi connectivity index (χ1v) is 12.0. The highest BCUT2D eigenvalue weighted by Gasteiger charge is 2.36. The summed E-state index contributed by atoms with van der Waals surface area (Å²) in [4.78, 5) is 19.7. The number of nitrogens with two attached hydrogens (primary N) is 3. The number of nitrogens with zero attached hydrogens (tertiary/aromatic N) is 2. The average molecular weight is 527 g/mol. The minimum Gasteiger partial charge on any atom is -0.386 e. The number of carbonyl (C=O) groups is 1. The van der Waals surface area contributed by atoms with Crippen molar-refractivity contribution in [3.63, 3.8) is 0 Å². The second kappa shape index (κ2) is 11.4. The third kappa shape index (κ3) is 7.93. The average Bonchev–Trinajstić information content (AvgIpc) is 2.78. The van der Waals surface area contributed by atoms with Crippen LogP contribution in [-0.4, -0.2) is 63.0 Å². The van der Waals surface area contributed by atoms with Crippen molar-refractivity contribution in [2.75, 3.05) is 13.1 Å². The number of benzene rings is 1. The predicted octanol–water partition coefficient (Wildman–Crippen LogP) is 1.64. The van der Waals surface area contributed by atoms with Crippen LogP contribution in [0.5, 0.6) is 0 Å².